The van der Waals surface area contributed by atoms with Crippen molar-refractivity contribution in [3.63, 3.8) is 0 Å². The van der Waals surface area contributed by atoms with E-state index in [4.69, 9.17) is 0 Å². The Morgan fingerprint density at radius 3 is 2.68 bits per heavy atom. The van der Waals surface area contributed by atoms with Crippen LogP contribution in [0.2, 0.25) is 0 Å². The molecule has 202 valence electrons. The van der Waals surface area contributed by atoms with Gasteiger partial charge in [0.15, 0.2) is 5.78 Å². The van der Waals surface area contributed by atoms with Gasteiger partial charge in [-0.15, -0.1) is 11.3 Å². The van der Waals surface area contributed by atoms with Crippen LogP contribution in [0.25, 0.3) is 11.0 Å². The van der Waals surface area contributed by atoms with Crippen molar-refractivity contribution in [2.24, 2.45) is 5.41 Å². The Hall–Kier alpha value is -3.20. The fraction of sp³-hybridized carbons (Fsp3) is 0.481. The molecule has 3 aromatic rings. The minimum atomic E-state index is -2.64. The highest BCUT2D eigenvalue weighted by molar-refractivity contribution is 7.14. The maximum atomic E-state index is 13.1. The minimum Gasteiger partial charge on any atom is -0.324 e. The molecule has 4 rings (SSSR count). The van der Waals surface area contributed by atoms with Gasteiger partial charge in [-0.05, 0) is 54.1 Å². The number of fused-ring (bicyclic) bond motifs is 1. The molecule has 0 bridgehead atoms. The third kappa shape index (κ3) is 6.26. The number of aromatic amines is 1. The zero-order valence-electron chi connectivity index (χ0n) is 21.7. The lowest BCUT2D eigenvalue weighted by molar-refractivity contribution is -0.123. The quantitative estimate of drug-likeness (QED) is 0.283. The van der Waals surface area contributed by atoms with E-state index < -0.39 is 17.9 Å². The number of amides is 1. The maximum Gasteiger partial charge on any atom is 0.272 e. The number of imidazole rings is 1. The molecule has 0 radical (unpaired) electrons. The summed E-state index contributed by atoms with van der Waals surface area (Å²) in [6, 6.07) is 8.45. The number of H-pyrrole nitrogens is 1. The molecule has 1 atom stereocenters. The monoisotopic (exact) mass is 542 g/mol. The lowest BCUT2D eigenvalue weighted by atomic mass is 9.82. The third-order valence-corrected chi connectivity index (χ3v) is 7.71. The summed E-state index contributed by atoms with van der Waals surface area (Å²) in [5.74, 6) is -0.484. The van der Waals surface area contributed by atoms with Crippen molar-refractivity contribution in [2.75, 3.05) is 18.4 Å². The van der Waals surface area contributed by atoms with Gasteiger partial charge in [0, 0.05) is 19.5 Å². The lowest BCUT2D eigenvalue weighted by Gasteiger charge is -2.29. The van der Waals surface area contributed by atoms with Crippen LogP contribution in [0, 0.1) is 16.7 Å². The Kier molecular flexibility index (Phi) is 8.25. The molecule has 2 aromatic heterocycles. The largest absolute Gasteiger partial charge is 0.324 e. The highest BCUT2D eigenvalue weighted by Gasteiger charge is 2.41. The van der Waals surface area contributed by atoms with Gasteiger partial charge < -0.3 is 15.6 Å². The zero-order valence-corrected chi connectivity index (χ0v) is 22.5. The number of nitrogens with one attached hydrogen (secondary N) is 4. The number of hydrogen-bond donors (Lipinski definition) is 4. The van der Waals surface area contributed by atoms with Crippen LogP contribution in [0.3, 0.4) is 0 Å². The normalized spacial score (nSPS) is 17.7. The number of nitriles is 1. The lowest BCUT2D eigenvalue weighted by Crippen LogP contribution is -2.49. The predicted molar refractivity (Wildman–Crippen MR) is 143 cm³/mol. The van der Waals surface area contributed by atoms with Gasteiger partial charge in [0.2, 0.25) is 5.95 Å². The molecule has 11 heteroatoms. The third-order valence-electron chi connectivity index (χ3n) is 6.62. The van der Waals surface area contributed by atoms with E-state index in [2.05, 4.69) is 46.7 Å². The van der Waals surface area contributed by atoms with Gasteiger partial charge in [-0.25, -0.2) is 13.8 Å². The number of alkyl halides is 2. The van der Waals surface area contributed by atoms with E-state index in [0.717, 1.165) is 35.4 Å². The van der Waals surface area contributed by atoms with E-state index in [9.17, 15) is 23.6 Å². The van der Waals surface area contributed by atoms with Crippen LogP contribution in [-0.2, 0) is 17.8 Å². The highest BCUT2D eigenvalue weighted by Crippen LogP contribution is 2.32. The highest BCUT2D eigenvalue weighted by atomic mass is 32.1. The molecule has 0 unspecified atom stereocenters. The number of hydrogen-bond acceptors (Lipinski definition) is 7. The van der Waals surface area contributed by atoms with Gasteiger partial charge in [0.25, 0.3) is 12.3 Å². The SMILES string of the molecule is CC(C)(C)CNCc1ccc2[nH]c(NC(=O)c3ccc(C(F)F)s3)nc2c1C[C@@]1(C(=O)CC#N)CCCN1. The predicted octanol–water partition coefficient (Wildman–Crippen LogP) is 5.10. The van der Waals surface area contributed by atoms with Gasteiger partial charge in [0.05, 0.1) is 38.8 Å². The topological polar surface area (TPSA) is 123 Å². The van der Waals surface area contributed by atoms with Crippen LogP contribution in [0.15, 0.2) is 24.3 Å². The number of benzene rings is 1. The van der Waals surface area contributed by atoms with Crippen LogP contribution in [0.5, 0.6) is 0 Å². The smallest absolute Gasteiger partial charge is 0.272 e. The summed E-state index contributed by atoms with van der Waals surface area (Å²) in [6.07, 6.45) is -1.01. The molecule has 3 heterocycles. The average molecular weight is 543 g/mol. The van der Waals surface area contributed by atoms with Crippen LogP contribution in [0.4, 0.5) is 14.7 Å². The maximum absolute atomic E-state index is 13.1. The molecule has 1 aliphatic heterocycles. The Labute approximate surface area is 224 Å². The molecule has 4 N–H and O–H groups in total. The van der Waals surface area contributed by atoms with Gasteiger partial charge in [-0.1, -0.05) is 26.8 Å². The van der Waals surface area contributed by atoms with Gasteiger partial charge in [-0.3, -0.25) is 14.9 Å². The van der Waals surface area contributed by atoms with Crippen molar-refractivity contribution in [2.45, 2.75) is 65.0 Å². The second-order valence-corrected chi connectivity index (χ2v) is 12.0. The number of rotatable bonds is 10. The van der Waals surface area contributed by atoms with E-state index in [-0.39, 0.29) is 33.3 Å². The Bertz CT molecular complexity index is 1360. The Morgan fingerprint density at radius 2 is 2.05 bits per heavy atom. The van der Waals surface area contributed by atoms with Crippen LogP contribution >= 0.6 is 11.3 Å². The molecule has 1 fully saturated rings. The first-order valence-corrected chi connectivity index (χ1v) is 13.4. The molecule has 1 aliphatic rings. The molecule has 1 aromatic carbocycles. The van der Waals surface area contributed by atoms with Crippen molar-refractivity contribution in [3.8, 4) is 6.07 Å². The second-order valence-electron chi connectivity index (χ2n) is 10.9. The second kappa shape index (κ2) is 11.3. The van der Waals surface area contributed by atoms with Crippen molar-refractivity contribution in [1.29, 1.82) is 5.26 Å². The van der Waals surface area contributed by atoms with Crippen LogP contribution in [0.1, 0.15) is 72.1 Å². The number of carbonyl (C=O) groups is 2. The van der Waals surface area contributed by atoms with Gasteiger partial charge in [-0.2, -0.15) is 5.26 Å². The van der Waals surface area contributed by atoms with E-state index >= 15 is 0 Å². The fourth-order valence-electron chi connectivity index (χ4n) is 4.77. The summed E-state index contributed by atoms with van der Waals surface area (Å²) in [5, 5.41) is 18.7. The van der Waals surface area contributed by atoms with Gasteiger partial charge in [0.1, 0.15) is 0 Å². The van der Waals surface area contributed by atoms with Crippen molar-refractivity contribution in [1.82, 2.24) is 20.6 Å². The van der Waals surface area contributed by atoms with E-state index in [0.29, 0.717) is 37.0 Å². The molecular formula is C27H32F2N6O2S. The summed E-state index contributed by atoms with van der Waals surface area (Å²) in [7, 11) is 0. The Balaban J connectivity index is 1.68. The first kappa shape index (κ1) is 27.8. The molecule has 1 saturated heterocycles. The number of Topliss-reactive ketones (excluding diaryl/α,β-unsaturated/α-hetero) is 1. The summed E-state index contributed by atoms with van der Waals surface area (Å²) < 4.78 is 25.9. The van der Waals surface area contributed by atoms with Crippen molar-refractivity contribution < 1.29 is 18.4 Å². The first-order valence-electron chi connectivity index (χ1n) is 12.6. The average Bonchev–Trinajstić information content (AvgIpc) is 3.60. The number of ketones is 1. The van der Waals surface area contributed by atoms with Gasteiger partial charge >= 0.3 is 0 Å². The van der Waals surface area contributed by atoms with E-state index in [1.165, 1.54) is 12.1 Å². The number of anilines is 1. The number of thiophene rings is 1. The Morgan fingerprint density at radius 1 is 1.26 bits per heavy atom. The summed E-state index contributed by atoms with van der Waals surface area (Å²) in [6.45, 7) is 8.46. The number of aromatic nitrogens is 2. The van der Waals surface area contributed by atoms with Crippen molar-refractivity contribution >= 4 is 40.0 Å². The summed E-state index contributed by atoms with van der Waals surface area (Å²) >= 11 is 0.736. The molecular weight excluding hydrogens is 510 g/mol. The molecule has 8 nitrogen and oxygen atoms in total. The molecule has 1 amide bonds. The first-order chi connectivity index (χ1) is 18.0. The minimum absolute atomic E-state index is 0.0804. The van der Waals surface area contributed by atoms with E-state index in [1.54, 1.807) is 0 Å². The standard InChI is InChI=1S/C27H32F2N6O2S/c1-26(2,3)15-31-14-16-5-6-18-22(17(16)13-27(10-4-12-32-27)21(36)9-11-30)34-25(33-18)35-24(37)20-8-7-19(38-20)23(28)29/h5-8,23,31-32H,4,9-10,12-15H2,1-3H3,(H2,33,34,35,37)/t27-/m1/s1. The fourth-order valence-corrected chi connectivity index (χ4v) is 5.52. The zero-order chi connectivity index (χ0) is 27.5. The number of nitrogens with zero attached hydrogens (tertiary/aromatic N) is 2. The molecule has 38 heavy (non-hydrogen) atoms. The summed E-state index contributed by atoms with van der Waals surface area (Å²) in [5.41, 5.74) is 2.36. The number of carbonyl (C=O) groups excluding carboxylic acids is 2. The molecule has 0 aliphatic carbocycles. The summed E-state index contributed by atoms with van der Waals surface area (Å²) in [4.78, 5) is 33.5. The van der Waals surface area contributed by atoms with Crippen LogP contribution in [-0.4, -0.2) is 40.3 Å². The van der Waals surface area contributed by atoms with Crippen molar-refractivity contribution in [3.05, 3.63) is 45.1 Å². The molecule has 0 spiro atoms. The van der Waals surface area contributed by atoms with Crippen LogP contribution < -0.4 is 16.0 Å². The molecule has 0 saturated carbocycles. The number of halogens is 2. The van der Waals surface area contributed by atoms with E-state index in [1.807, 2.05) is 18.2 Å².